The molecule has 0 spiro atoms. The Balaban J connectivity index is 1.64. The van der Waals surface area contributed by atoms with Crippen molar-refractivity contribution in [2.24, 2.45) is 15.8 Å². The Morgan fingerprint density at radius 3 is 2.32 bits per heavy atom. The van der Waals surface area contributed by atoms with Crippen molar-refractivity contribution in [3.63, 3.8) is 0 Å². The van der Waals surface area contributed by atoms with Gasteiger partial charge in [0.05, 0.1) is 23.4 Å². The Bertz CT molecular complexity index is 1360. The fourth-order valence-electron chi connectivity index (χ4n) is 3.86. The van der Waals surface area contributed by atoms with E-state index in [1.165, 1.54) is 17.1 Å². The minimum Gasteiger partial charge on any atom is -0.482 e. The number of carboxylic acids is 1. The van der Waals surface area contributed by atoms with Gasteiger partial charge < -0.3 is 15.6 Å². The number of amides is 1. The van der Waals surface area contributed by atoms with E-state index in [0.29, 0.717) is 17.0 Å². The van der Waals surface area contributed by atoms with Gasteiger partial charge in [0.2, 0.25) is 5.96 Å². The first-order chi connectivity index (χ1) is 17.6. The van der Waals surface area contributed by atoms with E-state index in [2.05, 4.69) is 10.1 Å². The molecule has 1 aliphatic rings. The lowest BCUT2D eigenvalue weighted by Crippen LogP contribution is -2.33. The molecule has 1 amide bonds. The van der Waals surface area contributed by atoms with Crippen molar-refractivity contribution >= 4 is 23.5 Å². The van der Waals surface area contributed by atoms with Crippen LogP contribution in [0.25, 0.3) is 0 Å². The second-order valence-electron chi connectivity index (χ2n) is 8.06. The van der Waals surface area contributed by atoms with E-state index in [1.54, 1.807) is 24.3 Å². The first-order valence-electron chi connectivity index (χ1n) is 11.0. The number of benzene rings is 3. The van der Waals surface area contributed by atoms with Crippen molar-refractivity contribution in [3.8, 4) is 5.75 Å². The van der Waals surface area contributed by atoms with Crippen molar-refractivity contribution in [2.75, 3.05) is 13.2 Å². The molecule has 1 heterocycles. The summed E-state index contributed by atoms with van der Waals surface area (Å²) in [6, 6.07) is 20.3. The van der Waals surface area contributed by atoms with E-state index in [0.717, 1.165) is 17.7 Å². The summed E-state index contributed by atoms with van der Waals surface area (Å²) in [7, 11) is 0. The van der Waals surface area contributed by atoms with Crippen molar-refractivity contribution < 1.29 is 32.6 Å². The lowest BCUT2D eigenvalue weighted by atomic mass is 9.90. The molecular formula is C26H21F3N4O4. The predicted octanol–water partition coefficient (Wildman–Crippen LogP) is 4.13. The SMILES string of the molecule is NC(=NC(=O)c1ccccc1C(F)(F)F)N1CC(c2ccccc2)C(c2ccc(OCC(=O)O)cc2)=N1. The molecule has 1 atom stereocenters. The minimum atomic E-state index is -4.73. The van der Waals surface area contributed by atoms with Crippen LogP contribution in [0.15, 0.2) is 89.0 Å². The number of alkyl halides is 3. The molecule has 3 aromatic carbocycles. The molecular weight excluding hydrogens is 489 g/mol. The monoisotopic (exact) mass is 510 g/mol. The number of carboxylic acid groups (broad SMARTS) is 1. The molecule has 4 rings (SSSR count). The molecule has 8 nitrogen and oxygen atoms in total. The first kappa shape index (κ1) is 25.4. The number of hydrazone groups is 1. The van der Waals surface area contributed by atoms with Crippen LogP contribution >= 0.6 is 0 Å². The van der Waals surface area contributed by atoms with Gasteiger partial charge in [0.1, 0.15) is 5.75 Å². The van der Waals surface area contributed by atoms with Crippen LogP contribution in [0, 0.1) is 0 Å². The van der Waals surface area contributed by atoms with Crippen molar-refractivity contribution in [3.05, 3.63) is 101 Å². The highest BCUT2D eigenvalue weighted by atomic mass is 19.4. The average molecular weight is 510 g/mol. The summed E-state index contributed by atoms with van der Waals surface area (Å²) >= 11 is 0. The number of aliphatic carboxylic acids is 1. The Morgan fingerprint density at radius 2 is 1.68 bits per heavy atom. The third-order valence-corrected chi connectivity index (χ3v) is 5.57. The van der Waals surface area contributed by atoms with Crippen LogP contribution in [0.4, 0.5) is 13.2 Å². The number of carbonyl (C=O) groups is 2. The largest absolute Gasteiger partial charge is 0.482 e. The van der Waals surface area contributed by atoms with Crippen molar-refractivity contribution in [1.29, 1.82) is 0 Å². The number of hydrogen-bond donors (Lipinski definition) is 2. The van der Waals surface area contributed by atoms with Crippen LogP contribution in [0.2, 0.25) is 0 Å². The minimum absolute atomic E-state index is 0.195. The van der Waals surface area contributed by atoms with Gasteiger partial charge >= 0.3 is 12.1 Å². The maximum Gasteiger partial charge on any atom is 0.417 e. The highest BCUT2D eigenvalue weighted by Crippen LogP contribution is 2.33. The fourth-order valence-corrected chi connectivity index (χ4v) is 3.86. The van der Waals surface area contributed by atoms with Crippen LogP contribution in [0.1, 0.15) is 33.0 Å². The van der Waals surface area contributed by atoms with Crippen LogP contribution in [-0.2, 0) is 11.0 Å². The van der Waals surface area contributed by atoms with Gasteiger partial charge in [-0.2, -0.15) is 23.3 Å². The van der Waals surface area contributed by atoms with E-state index in [9.17, 15) is 22.8 Å². The average Bonchev–Trinajstić information content (AvgIpc) is 3.33. The molecule has 11 heteroatoms. The predicted molar refractivity (Wildman–Crippen MR) is 129 cm³/mol. The number of ether oxygens (including phenoxy) is 1. The maximum absolute atomic E-state index is 13.3. The molecule has 0 saturated carbocycles. The zero-order valence-electron chi connectivity index (χ0n) is 19.2. The second kappa shape index (κ2) is 10.5. The number of hydrogen-bond acceptors (Lipinski definition) is 4. The van der Waals surface area contributed by atoms with Gasteiger partial charge in [-0.05, 0) is 47.5 Å². The van der Waals surface area contributed by atoms with Crippen LogP contribution in [-0.4, -0.2) is 46.8 Å². The van der Waals surface area contributed by atoms with E-state index in [4.69, 9.17) is 15.6 Å². The topological polar surface area (TPSA) is 118 Å². The molecule has 3 N–H and O–H groups in total. The molecule has 1 unspecified atom stereocenters. The summed E-state index contributed by atoms with van der Waals surface area (Å²) in [5.74, 6) is -2.53. The maximum atomic E-state index is 13.3. The summed E-state index contributed by atoms with van der Waals surface area (Å²) in [4.78, 5) is 27.1. The number of nitrogens with two attached hydrogens (primary N) is 1. The number of halogens is 3. The van der Waals surface area contributed by atoms with E-state index >= 15 is 0 Å². The Hall–Kier alpha value is -4.67. The van der Waals surface area contributed by atoms with Gasteiger partial charge in [0.15, 0.2) is 6.61 Å². The molecule has 37 heavy (non-hydrogen) atoms. The summed E-state index contributed by atoms with van der Waals surface area (Å²) in [6.07, 6.45) is -4.73. The number of guanidine groups is 1. The fraction of sp³-hybridized carbons (Fsp3) is 0.154. The highest BCUT2D eigenvalue weighted by molar-refractivity contribution is 6.08. The number of rotatable bonds is 6. The molecule has 1 aliphatic heterocycles. The normalized spacial score (nSPS) is 15.9. The summed E-state index contributed by atoms with van der Waals surface area (Å²) in [5.41, 5.74) is 6.49. The zero-order valence-corrected chi connectivity index (χ0v) is 19.2. The lowest BCUT2D eigenvalue weighted by molar-refractivity contribution is -0.139. The van der Waals surface area contributed by atoms with E-state index < -0.39 is 35.8 Å². The van der Waals surface area contributed by atoms with Crippen LogP contribution < -0.4 is 10.5 Å². The van der Waals surface area contributed by atoms with E-state index in [1.807, 2.05) is 30.3 Å². The zero-order chi connectivity index (χ0) is 26.6. The van der Waals surface area contributed by atoms with Gasteiger partial charge in [-0.25, -0.2) is 9.80 Å². The molecule has 0 fully saturated rings. The van der Waals surface area contributed by atoms with E-state index in [-0.39, 0.29) is 18.4 Å². The molecule has 3 aromatic rings. The standard InChI is InChI=1S/C26H21F3N4O4/c27-26(28,29)21-9-5-4-8-19(21)24(36)31-25(30)33-14-20(16-6-2-1-3-7-16)23(32-33)17-10-12-18(13-11-17)37-15-22(34)35/h1-13,20H,14-15H2,(H,34,35)(H2,30,31,36). The summed E-state index contributed by atoms with van der Waals surface area (Å²) in [6.45, 7) is -0.292. The Labute approximate surface area is 209 Å². The summed E-state index contributed by atoms with van der Waals surface area (Å²) in [5, 5.41) is 14.6. The van der Waals surface area contributed by atoms with Crippen LogP contribution in [0.3, 0.4) is 0 Å². The molecule has 0 aliphatic carbocycles. The highest BCUT2D eigenvalue weighted by Gasteiger charge is 2.35. The Morgan fingerprint density at radius 1 is 1.03 bits per heavy atom. The number of nitrogens with zero attached hydrogens (tertiary/aromatic N) is 3. The van der Waals surface area contributed by atoms with Crippen molar-refractivity contribution in [1.82, 2.24) is 5.01 Å². The third-order valence-electron chi connectivity index (χ3n) is 5.57. The van der Waals surface area contributed by atoms with Crippen molar-refractivity contribution in [2.45, 2.75) is 12.1 Å². The van der Waals surface area contributed by atoms with Gasteiger partial charge in [-0.15, -0.1) is 0 Å². The molecule has 0 radical (unpaired) electrons. The van der Waals surface area contributed by atoms with Gasteiger partial charge in [0.25, 0.3) is 5.91 Å². The molecule has 0 bridgehead atoms. The number of aliphatic imine (C=N–C) groups is 1. The van der Waals surface area contributed by atoms with Gasteiger partial charge in [0, 0.05) is 5.92 Å². The first-order valence-corrected chi connectivity index (χ1v) is 11.0. The smallest absolute Gasteiger partial charge is 0.417 e. The third kappa shape index (κ3) is 5.95. The quantitative estimate of drug-likeness (QED) is 0.381. The lowest BCUT2D eigenvalue weighted by Gasteiger charge is -2.16. The molecule has 0 saturated heterocycles. The molecule has 190 valence electrons. The molecule has 0 aromatic heterocycles. The van der Waals surface area contributed by atoms with Crippen LogP contribution in [0.5, 0.6) is 5.75 Å². The Kier molecular flexibility index (Phi) is 7.23. The number of carbonyl (C=O) groups excluding carboxylic acids is 1. The summed E-state index contributed by atoms with van der Waals surface area (Å²) < 4.78 is 45.2. The van der Waals surface area contributed by atoms with Gasteiger partial charge in [-0.1, -0.05) is 42.5 Å². The second-order valence-corrected chi connectivity index (χ2v) is 8.06. The van der Waals surface area contributed by atoms with Gasteiger partial charge in [-0.3, -0.25) is 4.79 Å².